The molecule has 7 heteroatoms. The molecule has 0 spiro atoms. The summed E-state index contributed by atoms with van der Waals surface area (Å²) in [6, 6.07) is 5.56. The topological polar surface area (TPSA) is 49.9 Å². The summed E-state index contributed by atoms with van der Waals surface area (Å²) >= 11 is 5.69. The maximum atomic E-state index is 12.8. The van der Waals surface area contributed by atoms with Crippen molar-refractivity contribution < 1.29 is 14.3 Å². The van der Waals surface area contributed by atoms with Gasteiger partial charge in [0.25, 0.3) is 5.91 Å². The summed E-state index contributed by atoms with van der Waals surface area (Å²) in [6.45, 7) is 8.96. The van der Waals surface area contributed by atoms with Gasteiger partial charge in [-0.2, -0.15) is 0 Å². The first-order chi connectivity index (χ1) is 11.1. The fourth-order valence-corrected chi connectivity index (χ4v) is 3.51. The normalized spacial score (nSPS) is 18.5. The Morgan fingerprint density at radius 2 is 1.96 bits per heavy atom. The number of carbonyl (C=O) groups excluding carboxylic acids is 2. The smallest absolute Gasteiger partial charge is 0.410 e. The van der Waals surface area contributed by atoms with Crippen LogP contribution in [0.4, 0.5) is 4.79 Å². The summed E-state index contributed by atoms with van der Waals surface area (Å²) < 4.78 is 7.25. The molecule has 0 N–H and O–H groups in total. The first-order valence-corrected chi connectivity index (χ1v) is 9.70. The number of hydrogen-bond acceptors (Lipinski definition) is 3. The molecule has 1 atom stereocenters. The number of nitrogens with zero attached hydrogens (tertiary/aromatic N) is 2. The van der Waals surface area contributed by atoms with Crippen LogP contribution in [0.25, 0.3) is 0 Å². The third-order valence-corrected chi connectivity index (χ3v) is 6.22. The molecule has 0 radical (unpaired) electrons. The van der Waals surface area contributed by atoms with Gasteiger partial charge in [-0.1, -0.05) is 6.07 Å². The molecule has 1 heterocycles. The first-order valence-electron chi connectivity index (χ1n) is 7.83. The van der Waals surface area contributed by atoms with Gasteiger partial charge < -0.3 is 14.5 Å². The van der Waals surface area contributed by atoms with Gasteiger partial charge in [-0.05, 0) is 78.3 Å². The van der Waals surface area contributed by atoms with Crippen LogP contribution >= 0.6 is 38.5 Å². The number of ether oxygens (including phenoxy) is 1. The molecule has 0 aliphatic carbocycles. The summed E-state index contributed by atoms with van der Waals surface area (Å²) in [4.78, 5) is 28.5. The quantitative estimate of drug-likeness (QED) is 0.536. The lowest BCUT2D eigenvalue weighted by Gasteiger charge is -2.40. The zero-order valence-corrected chi connectivity index (χ0v) is 18.0. The summed E-state index contributed by atoms with van der Waals surface area (Å²) in [7, 11) is 0. The van der Waals surface area contributed by atoms with Crippen LogP contribution in [0.3, 0.4) is 0 Å². The number of carbonyl (C=O) groups is 2. The lowest BCUT2D eigenvalue weighted by Crippen LogP contribution is -2.56. The number of amides is 2. The molecule has 0 saturated carbocycles. The molecule has 24 heavy (non-hydrogen) atoms. The van der Waals surface area contributed by atoms with Gasteiger partial charge in [0, 0.05) is 33.7 Å². The van der Waals surface area contributed by atoms with Gasteiger partial charge in [-0.3, -0.25) is 4.79 Å². The van der Waals surface area contributed by atoms with E-state index in [1.54, 1.807) is 9.80 Å². The molecular weight excluding hydrogens is 487 g/mol. The van der Waals surface area contributed by atoms with Crippen molar-refractivity contribution in [2.45, 2.75) is 39.3 Å². The molecule has 0 unspecified atom stereocenters. The van der Waals surface area contributed by atoms with Gasteiger partial charge in [0.2, 0.25) is 0 Å². The second-order valence-electron chi connectivity index (χ2n) is 6.88. The molecule has 1 aliphatic rings. The van der Waals surface area contributed by atoms with Crippen molar-refractivity contribution in [3.8, 4) is 0 Å². The minimum Gasteiger partial charge on any atom is -0.444 e. The maximum Gasteiger partial charge on any atom is 0.410 e. The Morgan fingerprint density at radius 3 is 2.54 bits per heavy atom. The van der Waals surface area contributed by atoms with Crippen LogP contribution in [0.15, 0.2) is 22.7 Å². The second-order valence-corrected chi connectivity index (χ2v) is 8.83. The zero-order chi connectivity index (χ0) is 18.1. The number of benzene rings is 1. The predicted molar refractivity (Wildman–Crippen MR) is 105 cm³/mol. The van der Waals surface area contributed by atoms with Crippen molar-refractivity contribution in [3.63, 3.8) is 0 Å². The van der Waals surface area contributed by atoms with Crippen molar-refractivity contribution in [2.24, 2.45) is 0 Å². The standard InChI is InChI=1S/C17H22BrIN2O3/c1-11-10-20(8-9-21(11)16(23)24-17(2,3)4)15(22)12-6-5-7-13(19)14(12)18/h5-7,11H,8-10H2,1-4H3/t11-/m0/s1. The van der Waals surface area contributed by atoms with Crippen LogP contribution in [-0.4, -0.2) is 53.1 Å². The maximum absolute atomic E-state index is 12.8. The molecule has 1 fully saturated rings. The van der Waals surface area contributed by atoms with E-state index in [-0.39, 0.29) is 18.0 Å². The summed E-state index contributed by atoms with van der Waals surface area (Å²) in [5, 5.41) is 0. The third-order valence-electron chi connectivity index (χ3n) is 3.72. The van der Waals surface area contributed by atoms with Crippen LogP contribution < -0.4 is 0 Å². The highest BCUT2D eigenvalue weighted by Gasteiger charge is 2.33. The van der Waals surface area contributed by atoms with E-state index in [0.29, 0.717) is 25.2 Å². The second kappa shape index (κ2) is 7.59. The van der Waals surface area contributed by atoms with Gasteiger partial charge in [0.1, 0.15) is 5.60 Å². The minimum absolute atomic E-state index is 0.0175. The third kappa shape index (κ3) is 4.62. The molecule has 0 bridgehead atoms. The molecule has 1 aromatic carbocycles. The predicted octanol–water partition coefficient (Wildman–Crippen LogP) is 4.14. The Morgan fingerprint density at radius 1 is 1.29 bits per heavy atom. The van der Waals surface area contributed by atoms with E-state index in [2.05, 4.69) is 38.5 Å². The fourth-order valence-electron chi connectivity index (χ4n) is 2.57. The van der Waals surface area contributed by atoms with Crippen LogP contribution in [0, 0.1) is 3.57 Å². The van der Waals surface area contributed by atoms with Crippen molar-refractivity contribution in [2.75, 3.05) is 19.6 Å². The molecule has 1 aliphatic heterocycles. The highest BCUT2D eigenvalue weighted by atomic mass is 127. The average molecular weight is 509 g/mol. The monoisotopic (exact) mass is 508 g/mol. The molecule has 1 saturated heterocycles. The zero-order valence-electron chi connectivity index (χ0n) is 14.3. The van der Waals surface area contributed by atoms with Crippen LogP contribution in [0.5, 0.6) is 0 Å². The molecule has 2 rings (SSSR count). The van der Waals surface area contributed by atoms with Crippen molar-refractivity contribution in [1.82, 2.24) is 9.80 Å². The number of halogens is 2. The van der Waals surface area contributed by atoms with Crippen LogP contribution in [-0.2, 0) is 4.74 Å². The van der Waals surface area contributed by atoms with E-state index in [4.69, 9.17) is 4.74 Å². The van der Waals surface area contributed by atoms with E-state index in [1.807, 2.05) is 45.9 Å². The molecule has 1 aromatic rings. The average Bonchev–Trinajstić information content (AvgIpc) is 2.47. The Balaban J connectivity index is 2.06. The van der Waals surface area contributed by atoms with E-state index >= 15 is 0 Å². The highest BCUT2D eigenvalue weighted by Crippen LogP contribution is 2.25. The molecular formula is C17H22BrIN2O3. The van der Waals surface area contributed by atoms with Crippen LogP contribution in [0.1, 0.15) is 38.1 Å². The van der Waals surface area contributed by atoms with E-state index < -0.39 is 5.60 Å². The highest BCUT2D eigenvalue weighted by molar-refractivity contribution is 14.1. The number of hydrogen-bond donors (Lipinski definition) is 0. The lowest BCUT2D eigenvalue weighted by molar-refractivity contribution is 0.00197. The largest absolute Gasteiger partial charge is 0.444 e. The SMILES string of the molecule is C[C@H]1CN(C(=O)c2cccc(I)c2Br)CCN1C(=O)OC(C)(C)C. The van der Waals surface area contributed by atoms with Gasteiger partial charge in [-0.25, -0.2) is 4.79 Å². The Kier molecular flexibility index (Phi) is 6.17. The van der Waals surface area contributed by atoms with E-state index in [1.165, 1.54) is 0 Å². The Labute approximate surface area is 165 Å². The van der Waals surface area contributed by atoms with Crippen molar-refractivity contribution >= 4 is 50.5 Å². The summed E-state index contributed by atoms with van der Waals surface area (Å²) in [5.41, 5.74) is 0.134. The Bertz CT molecular complexity index is 645. The fraction of sp³-hybridized carbons (Fsp3) is 0.529. The van der Waals surface area contributed by atoms with Crippen molar-refractivity contribution in [1.29, 1.82) is 0 Å². The molecule has 5 nitrogen and oxygen atoms in total. The Hall–Kier alpha value is -0.830. The first kappa shape index (κ1) is 19.5. The summed E-state index contributed by atoms with van der Waals surface area (Å²) in [6.07, 6.45) is -0.322. The lowest BCUT2D eigenvalue weighted by atomic mass is 10.1. The van der Waals surface area contributed by atoms with Crippen LogP contribution in [0.2, 0.25) is 0 Å². The number of piperazine rings is 1. The van der Waals surface area contributed by atoms with Crippen molar-refractivity contribution in [3.05, 3.63) is 31.8 Å². The molecule has 2 amide bonds. The van der Waals surface area contributed by atoms with E-state index in [9.17, 15) is 9.59 Å². The van der Waals surface area contributed by atoms with Gasteiger partial charge in [0.05, 0.1) is 5.56 Å². The van der Waals surface area contributed by atoms with Gasteiger partial charge >= 0.3 is 6.09 Å². The van der Waals surface area contributed by atoms with E-state index in [0.717, 1.165) is 8.04 Å². The minimum atomic E-state index is -0.519. The van der Waals surface area contributed by atoms with Gasteiger partial charge in [0.15, 0.2) is 0 Å². The summed E-state index contributed by atoms with van der Waals surface area (Å²) in [5.74, 6) is -0.0175. The molecule has 0 aromatic heterocycles. The molecule has 132 valence electrons. The van der Waals surface area contributed by atoms with Gasteiger partial charge in [-0.15, -0.1) is 0 Å². The number of rotatable bonds is 1.